The summed E-state index contributed by atoms with van der Waals surface area (Å²) >= 11 is 0. The van der Waals surface area contributed by atoms with Crippen LogP contribution in [0.4, 0.5) is 0 Å². The Labute approximate surface area is 129 Å². The van der Waals surface area contributed by atoms with E-state index in [1.54, 1.807) is 0 Å². The van der Waals surface area contributed by atoms with Gasteiger partial charge in [-0.05, 0) is 56.9 Å². The van der Waals surface area contributed by atoms with Gasteiger partial charge in [-0.1, -0.05) is 39.0 Å². The van der Waals surface area contributed by atoms with Crippen molar-refractivity contribution in [3.05, 3.63) is 29.8 Å². The number of aliphatic hydroxyl groups is 1. The smallest absolute Gasteiger partial charge is 0.125 e. The van der Waals surface area contributed by atoms with Gasteiger partial charge in [-0.15, -0.1) is 0 Å². The molecule has 1 aromatic rings. The predicted octanol–water partition coefficient (Wildman–Crippen LogP) is 4.90. The summed E-state index contributed by atoms with van der Waals surface area (Å²) in [4.78, 5) is 0. The maximum Gasteiger partial charge on any atom is 0.125 e. The number of benzene rings is 1. The van der Waals surface area contributed by atoms with Crippen LogP contribution in [0, 0.1) is 11.3 Å². The average Bonchev–Trinajstić information content (AvgIpc) is 2.38. The average molecular weight is 290 g/mol. The molecule has 0 amide bonds. The van der Waals surface area contributed by atoms with E-state index in [-0.39, 0.29) is 6.10 Å². The van der Waals surface area contributed by atoms with Gasteiger partial charge in [0.2, 0.25) is 0 Å². The van der Waals surface area contributed by atoms with Gasteiger partial charge in [0, 0.05) is 5.56 Å². The van der Waals surface area contributed by atoms with Gasteiger partial charge >= 0.3 is 0 Å². The number of hydrogen-bond donors (Lipinski definition) is 1. The Balaban J connectivity index is 2.19. The van der Waals surface area contributed by atoms with Crippen LogP contribution in [0.15, 0.2) is 24.3 Å². The van der Waals surface area contributed by atoms with Gasteiger partial charge in [0.05, 0.1) is 11.7 Å². The first-order valence-electron chi connectivity index (χ1n) is 8.21. The minimum absolute atomic E-state index is 0.126. The second-order valence-electron chi connectivity index (χ2n) is 7.83. The highest BCUT2D eigenvalue weighted by molar-refractivity contribution is 5.38. The Morgan fingerprint density at radius 3 is 2.24 bits per heavy atom. The maximum absolute atomic E-state index is 11.1. The summed E-state index contributed by atoms with van der Waals surface area (Å²) in [6.45, 7) is 11.0. The third-order valence-corrected chi connectivity index (χ3v) is 4.79. The SMILES string of the molecule is CC(C)Oc1ccccc1C1(O)CCC(C(C)(C)C)CC1. The van der Waals surface area contributed by atoms with Gasteiger partial charge in [0.15, 0.2) is 0 Å². The Bertz CT molecular complexity index is 463. The summed E-state index contributed by atoms with van der Waals surface area (Å²) in [7, 11) is 0. The molecule has 2 heteroatoms. The van der Waals surface area contributed by atoms with Crippen LogP contribution in [0.1, 0.15) is 65.9 Å². The molecular formula is C19H30O2. The van der Waals surface area contributed by atoms with Crippen molar-refractivity contribution in [1.29, 1.82) is 0 Å². The van der Waals surface area contributed by atoms with E-state index >= 15 is 0 Å². The molecule has 0 bridgehead atoms. The molecule has 1 aromatic carbocycles. The molecule has 2 rings (SSSR count). The van der Waals surface area contributed by atoms with Crippen LogP contribution in [0.25, 0.3) is 0 Å². The first-order chi connectivity index (χ1) is 9.72. The molecule has 0 radical (unpaired) electrons. The standard InChI is InChI=1S/C19H30O2/c1-14(2)21-17-9-7-6-8-16(17)19(20)12-10-15(11-13-19)18(3,4)5/h6-9,14-15,20H,10-13H2,1-5H3. The third-order valence-electron chi connectivity index (χ3n) is 4.79. The highest BCUT2D eigenvalue weighted by Gasteiger charge is 2.39. The summed E-state index contributed by atoms with van der Waals surface area (Å²) in [6.07, 6.45) is 3.94. The fraction of sp³-hybridized carbons (Fsp3) is 0.684. The third kappa shape index (κ3) is 3.79. The minimum Gasteiger partial charge on any atom is -0.491 e. The molecule has 1 aliphatic rings. The van der Waals surface area contributed by atoms with Gasteiger partial charge in [-0.25, -0.2) is 0 Å². The van der Waals surface area contributed by atoms with E-state index < -0.39 is 5.60 Å². The normalized spacial score (nSPS) is 26.9. The highest BCUT2D eigenvalue weighted by atomic mass is 16.5. The molecule has 1 N–H and O–H groups in total. The van der Waals surface area contributed by atoms with Gasteiger partial charge in [-0.2, -0.15) is 0 Å². The molecule has 0 aromatic heterocycles. The van der Waals surface area contributed by atoms with Crippen molar-refractivity contribution >= 4 is 0 Å². The van der Waals surface area contributed by atoms with Gasteiger partial charge in [0.1, 0.15) is 5.75 Å². The Hall–Kier alpha value is -1.02. The minimum atomic E-state index is -0.729. The van der Waals surface area contributed by atoms with Crippen molar-refractivity contribution in [2.75, 3.05) is 0 Å². The Kier molecular flexibility index (Phi) is 4.67. The maximum atomic E-state index is 11.1. The van der Waals surface area contributed by atoms with Crippen LogP contribution in [-0.2, 0) is 5.60 Å². The largest absolute Gasteiger partial charge is 0.491 e. The van der Waals surface area contributed by atoms with Crippen molar-refractivity contribution in [1.82, 2.24) is 0 Å². The van der Waals surface area contributed by atoms with Gasteiger partial charge in [-0.3, -0.25) is 0 Å². The molecule has 0 heterocycles. The predicted molar refractivity (Wildman–Crippen MR) is 87.5 cm³/mol. The van der Waals surface area contributed by atoms with Gasteiger partial charge < -0.3 is 9.84 Å². The number of para-hydroxylation sites is 1. The van der Waals surface area contributed by atoms with Crippen LogP contribution in [0.2, 0.25) is 0 Å². The summed E-state index contributed by atoms with van der Waals surface area (Å²) in [5, 5.41) is 11.1. The summed E-state index contributed by atoms with van der Waals surface area (Å²) < 4.78 is 5.90. The molecule has 118 valence electrons. The van der Waals surface area contributed by atoms with E-state index in [2.05, 4.69) is 20.8 Å². The van der Waals surface area contributed by atoms with E-state index in [0.717, 1.165) is 37.0 Å². The van der Waals surface area contributed by atoms with Crippen LogP contribution < -0.4 is 4.74 Å². The van der Waals surface area contributed by atoms with E-state index in [1.807, 2.05) is 38.1 Å². The number of rotatable bonds is 3. The summed E-state index contributed by atoms with van der Waals surface area (Å²) in [5.41, 5.74) is 0.564. The molecule has 0 spiro atoms. The van der Waals surface area contributed by atoms with Crippen LogP contribution in [-0.4, -0.2) is 11.2 Å². The van der Waals surface area contributed by atoms with Gasteiger partial charge in [0.25, 0.3) is 0 Å². The fourth-order valence-electron chi connectivity index (χ4n) is 3.44. The van der Waals surface area contributed by atoms with E-state index in [9.17, 15) is 5.11 Å². The molecule has 1 aliphatic carbocycles. The quantitative estimate of drug-likeness (QED) is 0.858. The topological polar surface area (TPSA) is 29.5 Å². The second-order valence-corrected chi connectivity index (χ2v) is 7.83. The summed E-state index contributed by atoms with van der Waals surface area (Å²) in [6, 6.07) is 7.97. The zero-order chi connectivity index (χ0) is 15.7. The summed E-state index contributed by atoms with van der Waals surface area (Å²) in [5.74, 6) is 1.53. The van der Waals surface area contributed by atoms with Crippen molar-refractivity contribution in [3.8, 4) is 5.75 Å². The van der Waals surface area contributed by atoms with Crippen molar-refractivity contribution in [2.45, 2.75) is 72.0 Å². The first kappa shape index (κ1) is 16.4. The highest BCUT2D eigenvalue weighted by Crippen LogP contribution is 2.47. The fourth-order valence-corrected chi connectivity index (χ4v) is 3.44. The molecule has 0 unspecified atom stereocenters. The van der Waals surface area contributed by atoms with Crippen LogP contribution >= 0.6 is 0 Å². The van der Waals surface area contributed by atoms with Crippen molar-refractivity contribution in [3.63, 3.8) is 0 Å². The Morgan fingerprint density at radius 2 is 1.71 bits per heavy atom. The number of ether oxygens (including phenoxy) is 1. The molecule has 2 nitrogen and oxygen atoms in total. The van der Waals surface area contributed by atoms with Crippen molar-refractivity contribution < 1.29 is 9.84 Å². The molecule has 1 fully saturated rings. The number of hydrogen-bond acceptors (Lipinski definition) is 2. The van der Waals surface area contributed by atoms with Crippen LogP contribution in [0.3, 0.4) is 0 Å². The second kappa shape index (κ2) is 6.00. The monoisotopic (exact) mass is 290 g/mol. The molecular weight excluding hydrogens is 260 g/mol. The zero-order valence-corrected chi connectivity index (χ0v) is 14.1. The van der Waals surface area contributed by atoms with Crippen molar-refractivity contribution in [2.24, 2.45) is 11.3 Å². The van der Waals surface area contributed by atoms with E-state index in [1.165, 1.54) is 0 Å². The lowest BCUT2D eigenvalue weighted by Gasteiger charge is -2.42. The van der Waals surface area contributed by atoms with Crippen LogP contribution in [0.5, 0.6) is 5.75 Å². The van der Waals surface area contributed by atoms with E-state index in [0.29, 0.717) is 11.3 Å². The lowest BCUT2D eigenvalue weighted by atomic mass is 9.67. The Morgan fingerprint density at radius 1 is 1.14 bits per heavy atom. The lowest BCUT2D eigenvalue weighted by Crippen LogP contribution is -2.35. The first-order valence-corrected chi connectivity index (χ1v) is 8.21. The lowest BCUT2D eigenvalue weighted by molar-refractivity contribution is -0.0320. The molecule has 0 saturated heterocycles. The zero-order valence-electron chi connectivity index (χ0n) is 14.1. The van der Waals surface area contributed by atoms with E-state index in [4.69, 9.17) is 4.74 Å². The molecule has 21 heavy (non-hydrogen) atoms. The molecule has 0 aliphatic heterocycles. The molecule has 0 atom stereocenters. The molecule has 1 saturated carbocycles.